The normalized spacial score (nSPS) is 43.7. The van der Waals surface area contributed by atoms with Crippen molar-refractivity contribution in [3.05, 3.63) is 12.2 Å². The number of esters is 3. The number of cyclic esters (lactones) is 1. The highest BCUT2D eigenvalue weighted by atomic mass is 16.6. The zero-order valence-corrected chi connectivity index (χ0v) is 27.3. The van der Waals surface area contributed by atoms with Crippen LogP contribution in [0.2, 0.25) is 0 Å². The van der Waals surface area contributed by atoms with E-state index in [1.807, 2.05) is 34.6 Å². The first-order valence-electron chi connectivity index (χ1n) is 15.7. The molecule has 1 spiro atoms. The molecule has 3 saturated heterocycles. The highest BCUT2D eigenvalue weighted by Gasteiger charge is 2.52. The zero-order chi connectivity index (χ0) is 31.5. The van der Waals surface area contributed by atoms with Crippen molar-refractivity contribution in [2.75, 3.05) is 13.7 Å². The average molecular weight is 595 g/mol. The van der Waals surface area contributed by atoms with Crippen molar-refractivity contribution in [1.29, 1.82) is 0 Å². The van der Waals surface area contributed by atoms with Gasteiger partial charge in [-0.2, -0.15) is 0 Å². The highest BCUT2D eigenvalue weighted by Crippen LogP contribution is 2.47. The highest BCUT2D eigenvalue weighted by molar-refractivity contribution is 5.72. The first-order chi connectivity index (χ1) is 19.6. The van der Waals surface area contributed by atoms with Gasteiger partial charge < -0.3 is 28.4 Å². The van der Waals surface area contributed by atoms with Crippen LogP contribution >= 0.6 is 0 Å². The summed E-state index contributed by atoms with van der Waals surface area (Å²) in [5, 5.41) is 0. The van der Waals surface area contributed by atoms with Gasteiger partial charge in [0.15, 0.2) is 6.10 Å². The molecule has 13 atom stereocenters. The van der Waals surface area contributed by atoms with Gasteiger partial charge in [-0.3, -0.25) is 14.4 Å². The van der Waals surface area contributed by atoms with Crippen LogP contribution in [0.15, 0.2) is 12.2 Å². The van der Waals surface area contributed by atoms with Crippen LogP contribution in [0, 0.1) is 35.5 Å². The summed E-state index contributed by atoms with van der Waals surface area (Å²) in [5.41, 5.74) is 0.499. The predicted molar refractivity (Wildman–Crippen MR) is 157 cm³/mol. The topological polar surface area (TPSA) is 110 Å². The lowest BCUT2D eigenvalue weighted by Gasteiger charge is -2.42. The quantitative estimate of drug-likeness (QED) is 0.182. The molecule has 3 aliphatic heterocycles. The Morgan fingerprint density at radius 2 is 1.52 bits per heavy atom. The molecule has 0 aromatic rings. The van der Waals surface area contributed by atoms with Crippen molar-refractivity contribution in [1.82, 2.24) is 0 Å². The molecule has 3 heterocycles. The first kappa shape index (κ1) is 34.5. The molecule has 0 aromatic heterocycles. The Hall–Kier alpha value is -1.97. The van der Waals surface area contributed by atoms with Crippen LogP contribution < -0.4 is 0 Å². The third-order valence-electron chi connectivity index (χ3n) is 10.1. The van der Waals surface area contributed by atoms with Gasteiger partial charge in [-0.1, -0.05) is 41.2 Å². The molecule has 0 bridgehead atoms. The number of carbonyl (C=O) groups is 3. The van der Waals surface area contributed by atoms with Gasteiger partial charge in [-0.05, 0) is 56.4 Å². The number of ether oxygens (including phenoxy) is 6. The Bertz CT molecular complexity index is 975. The minimum atomic E-state index is -0.504. The molecule has 9 nitrogen and oxygen atoms in total. The largest absolute Gasteiger partial charge is 0.462 e. The monoisotopic (exact) mass is 594 g/mol. The van der Waals surface area contributed by atoms with E-state index in [1.54, 1.807) is 7.11 Å². The third kappa shape index (κ3) is 8.14. The molecule has 0 aromatic carbocycles. The standard InChI is InChI=1S/C33H54O9/c1-17-12-18(2)28(13-27-14-29(37-11)31(24(8)39-27)42-26(10)35)21(5)32(36)40-23(7)20(4)30(41-25(9)34)19(3)22(6)33(15-17)16-38-33/h17-21,23-24,27-31H,6,12-16H2,1-5,7-11H3/t17-,18-,19+,20+,21-,23-,24?,27+,28+,29-,30?,31+,33-/m1/s1. The summed E-state index contributed by atoms with van der Waals surface area (Å²) in [6.07, 6.45) is 0.635. The molecular weight excluding hydrogens is 540 g/mol. The van der Waals surface area contributed by atoms with Crippen molar-refractivity contribution >= 4 is 17.9 Å². The van der Waals surface area contributed by atoms with E-state index in [2.05, 4.69) is 20.4 Å². The first-order valence-corrected chi connectivity index (χ1v) is 15.7. The maximum atomic E-state index is 13.7. The molecule has 3 aliphatic rings. The predicted octanol–water partition coefficient (Wildman–Crippen LogP) is 5.28. The fourth-order valence-corrected chi connectivity index (χ4v) is 7.40. The minimum absolute atomic E-state index is 0.0205. The summed E-state index contributed by atoms with van der Waals surface area (Å²) in [6.45, 7) is 21.9. The van der Waals surface area contributed by atoms with Crippen molar-refractivity contribution in [3.63, 3.8) is 0 Å². The van der Waals surface area contributed by atoms with Crippen molar-refractivity contribution in [3.8, 4) is 0 Å². The number of methoxy groups -OCH3 is 1. The van der Waals surface area contributed by atoms with Crippen LogP contribution in [0.25, 0.3) is 0 Å². The van der Waals surface area contributed by atoms with Gasteiger partial charge in [-0.15, -0.1) is 0 Å². The van der Waals surface area contributed by atoms with Crippen molar-refractivity contribution in [2.24, 2.45) is 35.5 Å². The Balaban J connectivity index is 1.88. The Labute approximate surface area is 252 Å². The number of epoxide rings is 1. The molecule has 0 amide bonds. The van der Waals surface area contributed by atoms with E-state index in [0.29, 0.717) is 25.4 Å². The SMILES string of the molecule is C=C1[C@H](C)C(OC(C)=O)[C@@H](C)[C@@H](C)OC(=O)[C@H](C)[C@@H](C[C@H]2C[C@@H](OC)[C@@H](OC(C)=O)C(C)O2)[C@H](C)C[C@@H](C)C[C@@]12CO2. The van der Waals surface area contributed by atoms with Gasteiger partial charge in [0.25, 0.3) is 0 Å². The summed E-state index contributed by atoms with van der Waals surface area (Å²) in [7, 11) is 1.62. The summed E-state index contributed by atoms with van der Waals surface area (Å²) in [4.78, 5) is 37.5. The lowest BCUT2D eigenvalue weighted by atomic mass is 9.72. The summed E-state index contributed by atoms with van der Waals surface area (Å²) >= 11 is 0. The van der Waals surface area contributed by atoms with Gasteiger partial charge in [-0.25, -0.2) is 0 Å². The number of hydrogen-bond acceptors (Lipinski definition) is 9. The van der Waals surface area contributed by atoms with Crippen LogP contribution in [0.3, 0.4) is 0 Å². The van der Waals surface area contributed by atoms with Crippen LogP contribution in [0.1, 0.15) is 88.0 Å². The van der Waals surface area contributed by atoms with E-state index < -0.39 is 23.9 Å². The number of carbonyl (C=O) groups excluding carboxylic acids is 3. The smallest absolute Gasteiger partial charge is 0.309 e. The molecule has 0 saturated carbocycles. The van der Waals surface area contributed by atoms with Gasteiger partial charge in [0.2, 0.25) is 0 Å². The summed E-state index contributed by atoms with van der Waals surface area (Å²) in [5.74, 6) is -1.35. The second-order valence-electron chi connectivity index (χ2n) is 13.4. The van der Waals surface area contributed by atoms with Crippen molar-refractivity contribution in [2.45, 2.75) is 130 Å². The lowest BCUT2D eigenvalue weighted by molar-refractivity contribution is -0.200. The van der Waals surface area contributed by atoms with E-state index in [-0.39, 0.29) is 65.8 Å². The molecule has 42 heavy (non-hydrogen) atoms. The van der Waals surface area contributed by atoms with Crippen LogP contribution in [-0.2, 0) is 42.8 Å². The molecule has 0 radical (unpaired) electrons. The lowest BCUT2D eigenvalue weighted by Crippen LogP contribution is -2.50. The van der Waals surface area contributed by atoms with Crippen LogP contribution in [-0.4, -0.2) is 73.8 Å². The third-order valence-corrected chi connectivity index (χ3v) is 10.1. The Kier molecular flexibility index (Phi) is 11.7. The summed E-state index contributed by atoms with van der Waals surface area (Å²) in [6, 6.07) is 0. The van der Waals surface area contributed by atoms with Gasteiger partial charge in [0.05, 0.1) is 30.8 Å². The molecule has 0 N–H and O–H groups in total. The van der Waals surface area contributed by atoms with Crippen molar-refractivity contribution < 1.29 is 42.8 Å². The number of rotatable bonds is 5. The molecule has 3 fully saturated rings. The average Bonchev–Trinajstić information content (AvgIpc) is 3.69. The second-order valence-corrected chi connectivity index (χ2v) is 13.4. The van der Waals surface area contributed by atoms with E-state index in [9.17, 15) is 14.4 Å². The van der Waals surface area contributed by atoms with E-state index in [4.69, 9.17) is 28.4 Å². The Morgan fingerprint density at radius 3 is 2.07 bits per heavy atom. The molecule has 240 valence electrons. The van der Waals surface area contributed by atoms with Gasteiger partial charge in [0, 0.05) is 39.2 Å². The molecule has 3 rings (SSSR count). The van der Waals surface area contributed by atoms with E-state index in [0.717, 1.165) is 18.4 Å². The zero-order valence-electron chi connectivity index (χ0n) is 27.3. The van der Waals surface area contributed by atoms with E-state index >= 15 is 0 Å². The second kappa shape index (κ2) is 14.2. The van der Waals surface area contributed by atoms with Crippen LogP contribution in [0.5, 0.6) is 0 Å². The number of hydrogen-bond donors (Lipinski definition) is 0. The fraction of sp³-hybridized carbons (Fsp3) is 0.848. The molecule has 9 heteroatoms. The van der Waals surface area contributed by atoms with E-state index in [1.165, 1.54) is 13.8 Å². The minimum Gasteiger partial charge on any atom is -0.462 e. The Morgan fingerprint density at radius 1 is 0.929 bits per heavy atom. The van der Waals surface area contributed by atoms with Gasteiger partial charge in [0.1, 0.15) is 17.8 Å². The summed E-state index contributed by atoms with van der Waals surface area (Å²) < 4.78 is 35.6. The van der Waals surface area contributed by atoms with Gasteiger partial charge >= 0.3 is 17.9 Å². The molecule has 0 aliphatic carbocycles. The maximum Gasteiger partial charge on any atom is 0.309 e. The molecular formula is C33H54O9. The molecule has 2 unspecified atom stereocenters. The maximum absolute atomic E-state index is 13.7. The van der Waals surface area contributed by atoms with Crippen LogP contribution in [0.4, 0.5) is 0 Å². The fourth-order valence-electron chi connectivity index (χ4n) is 7.40.